The Hall–Kier alpha value is -2.03. The highest BCUT2D eigenvalue weighted by Crippen LogP contribution is 2.67. The number of fused-ring (bicyclic) bond motifs is 5. The maximum Gasteiger partial charge on any atom is 0.306 e. The maximum atomic E-state index is 12.8. The summed E-state index contributed by atoms with van der Waals surface area (Å²) in [7, 11) is 0. The van der Waals surface area contributed by atoms with Crippen LogP contribution in [0.15, 0.2) is 48.2 Å². The number of benzene rings is 1. The highest BCUT2D eigenvalue weighted by Gasteiger charge is 2.59. The van der Waals surface area contributed by atoms with Crippen LogP contribution in [0, 0.1) is 46.3 Å². The van der Waals surface area contributed by atoms with E-state index in [1.54, 1.807) is 5.57 Å². The second kappa shape index (κ2) is 18.5. The van der Waals surface area contributed by atoms with E-state index in [2.05, 4.69) is 52.8 Å². The van der Waals surface area contributed by atoms with Crippen molar-refractivity contribution >= 4 is 12.0 Å². The third-order valence-electron chi connectivity index (χ3n) is 14.1. The summed E-state index contributed by atoms with van der Waals surface area (Å²) in [5.74, 6) is 5.25. The van der Waals surface area contributed by atoms with Gasteiger partial charge in [0.15, 0.2) is 0 Å². The number of ether oxygens (including phenoxy) is 2. The summed E-state index contributed by atoms with van der Waals surface area (Å²) in [5, 5.41) is 0. The summed E-state index contributed by atoms with van der Waals surface area (Å²) in [6.07, 6.45) is 31.1. The number of carbonyl (C=O) groups excluding carboxylic acids is 1. The van der Waals surface area contributed by atoms with Crippen molar-refractivity contribution in [3.63, 3.8) is 0 Å². The highest BCUT2D eigenvalue weighted by molar-refractivity contribution is 5.69. The molecule has 4 aliphatic rings. The predicted molar refractivity (Wildman–Crippen MR) is 206 cm³/mol. The van der Waals surface area contributed by atoms with Gasteiger partial charge in [-0.1, -0.05) is 134 Å². The van der Waals surface area contributed by atoms with Gasteiger partial charge in [-0.2, -0.15) is 0 Å². The largest absolute Gasteiger partial charge is 0.501 e. The molecule has 0 heterocycles. The molecule has 0 saturated heterocycles. The average molecular weight is 673 g/mol. The third kappa shape index (κ3) is 10.1. The van der Waals surface area contributed by atoms with Crippen LogP contribution in [0.4, 0.5) is 0 Å². The number of hydrogen-bond acceptors (Lipinski definition) is 3. The standard InChI is InChI=1S/C46H72O3/c1-35(2)18-17-19-36(3)41-25-26-42-40-24-23-38-34-39(27-30-45(38,4)43(40)28-31-46(41,42)5)49-44(47)22-15-10-8-6-7-9-11-16-32-48-33-29-37-20-13-12-14-21-37/h12-14,20-21,23,29,33,35-36,39-43H,6-11,15-19,22,24-28,30-32,34H2,1-5H3/t36-,39+,40?,41-,42?,43?,45?,46?/m1/s1. The molecule has 1 aromatic carbocycles. The summed E-state index contributed by atoms with van der Waals surface area (Å²) >= 11 is 0. The van der Waals surface area contributed by atoms with Crippen LogP contribution in [0.1, 0.15) is 169 Å². The molecule has 1 aromatic rings. The normalized spacial score (nSPS) is 31.6. The zero-order chi connectivity index (χ0) is 34.7. The summed E-state index contributed by atoms with van der Waals surface area (Å²) < 4.78 is 11.8. The predicted octanol–water partition coefficient (Wildman–Crippen LogP) is 13.1. The molecule has 274 valence electrons. The van der Waals surface area contributed by atoms with E-state index in [-0.39, 0.29) is 12.1 Å². The van der Waals surface area contributed by atoms with Gasteiger partial charge in [0.2, 0.25) is 0 Å². The minimum absolute atomic E-state index is 0.0390. The summed E-state index contributed by atoms with van der Waals surface area (Å²) in [5.41, 5.74) is 3.67. The topological polar surface area (TPSA) is 35.5 Å². The van der Waals surface area contributed by atoms with Crippen LogP contribution in [0.25, 0.3) is 6.08 Å². The van der Waals surface area contributed by atoms with E-state index >= 15 is 0 Å². The Morgan fingerprint density at radius 1 is 0.837 bits per heavy atom. The fraction of sp³-hybridized carbons (Fsp3) is 0.761. The van der Waals surface area contributed by atoms with E-state index < -0.39 is 0 Å². The van der Waals surface area contributed by atoms with E-state index in [0.717, 1.165) is 74.2 Å². The number of unbranched alkanes of at least 4 members (excludes halogenated alkanes) is 7. The van der Waals surface area contributed by atoms with Gasteiger partial charge in [-0.3, -0.25) is 4.79 Å². The van der Waals surface area contributed by atoms with Gasteiger partial charge in [-0.15, -0.1) is 0 Å². The van der Waals surface area contributed by atoms with Crippen LogP contribution in [-0.4, -0.2) is 18.7 Å². The van der Waals surface area contributed by atoms with Crippen molar-refractivity contribution < 1.29 is 14.3 Å². The van der Waals surface area contributed by atoms with Crippen LogP contribution >= 0.6 is 0 Å². The van der Waals surface area contributed by atoms with Gasteiger partial charge in [0.1, 0.15) is 6.10 Å². The van der Waals surface area contributed by atoms with Gasteiger partial charge >= 0.3 is 5.97 Å². The molecule has 0 amide bonds. The lowest BCUT2D eigenvalue weighted by molar-refractivity contribution is -0.151. The van der Waals surface area contributed by atoms with E-state index in [4.69, 9.17) is 9.47 Å². The van der Waals surface area contributed by atoms with E-state index in [1.165, 1.54) is 95.5 Å². The minimum atomic E-state index is 0.0390. The SMILES string of the molecule is CC(C)CCC[C@@H](C)[C@H]1CCC2C3CC=C4C[C@@H](OC(=O)CCCCCCCCCCOC=Cc5ccccc5)CCC4(C)C3CCC21C. The quantitative estimate of drug-likeness (QED) is 0.0635. The molecule has 0 spiro atoms. The molecule has 0 bridgehead atoms. The summed E-state index contributed by atoms with van der Waals surface area (Å²) in [6.45, 7) is 13.4. The first-order valence-corrected chi connectivity index (χ1v) is 20.9. The Balaban J connectivity index is 0.947. The Bertz CT molecular complexity index is 1200. The van der Waals surface area contributed by atoms with E-state index in [9.17, 15) is 4.79 Å². The minimum Gasteiger partial charge on any atom is -0.501 e. The smallest absolute Gasteiger partial charge is 0.306 e. The molecule has 0 aliphatic heterocycles. The summed E-state index contributed by atoms with van der Waals surface area (Å²) in [4.78, 5) is 12.8. The lowest BCUT2D eigenvalue weighted by Crippen LogP contribution is -2.51. The first kappa shape index (κ1) is 38.2. The van der Waals surface area contributed by atoms with Crippen molar-refractivity contribution in [2.75, 3.05) is 6.61 Å². The van der Waals surface area contributed by atoms with Crippen molar-refractivity contribution in [1.82, 2.24) is 0 Å². The Morgan fingerprint density at radius 3 is 2.33 bits per heavy atom. The monoisotopic (exact) mass is 673 g/mol. The Labute approximate surface area is 301 Å². The maximum absolute atomic E-state index is 12.8. The van der Waals surface area contributed by atoms with Gasteiger partial charge in [0, 0.05) is 12.8 Å². The third-order valence-corrected chi connectivity index (χ3v) is 14.1. The lowest BCUT2D eigenvalue weighted by atomic mass is 9.47. The lowest BCUT2D eigenvalue weighted by Gasteiger charge is -2.58. The highest BCUT2D eigenvalue weighted by atomic mass is 16.5. The van der Waals surface area contributed by atoms with Crippen molar-refractivity contribution in [2.24, 2.45) is 46.3 Å². The molecule has 0 N–H and O–H groups in total. The van der Waals surface area contributed by atoms with Gasteiger partial charge < -0.3 is 9.47 Å². The van der Waals surface area contributed by atoms with Crippen molar-refractivity contribution in [3.05, 3.63) is 53.8 Å². The first-order chi connectivity index (χ1) is 23.7. The summed E-state index contributed by atoms with van der Waals surface area (Å²) in [6, 6.07) is 10.3. The van der Waals surface area contributed by atoms with E-state index in [0.29, 0.717) is 17.3 Å². The van der Waals surface area contributed by atoms with Crippen LogP contribution in [0.5, 0.6) is 0 Å². The number of allylic oxidation sites excluding steroid dienone is 1. The molecule has 3 heteroatoms. The van der Waals surface area contributed by atoms with Crippen molar-refractivity contribution in [1.29, 1.82) is 0 Å². The van der Waals surface area contributed by atoms with E-state index in [1.807, 2.05) is 30.5 Å². The molecular formula is C46H72O3. The second-order valence-corrected chi connectivity index (χ2v) is 17.8. The number of esters is 1. The molecule has 5 rings (SSSR count). The molecule has 3 saturated carbocycles. The Kier molecular flexibility index (Phi) is 14.4. The number of hydrogen-bond donors (Lipinski definition) is 0. The zero-order valence-corrected chi connectivity index (χ0v) is 32.2. The van der Waals surface area contributed by atoms with Crippen molar-refractivity contribution in [3.8, 4) is 0 Å². The average Bonchev–Trinajstić information content (AvgIpc) is 3.44. The van der Waals surface area contributed by atoms with Crippen LogP contribution < -0.4 is 0 Å². The Morgan fingerprint density at radius 2 is 1.57 bits per heavy atom. The number of carbonyl (C=O) groups is 1. The van der Waals surface area contributed by atoms with Crippen LogP contribution in [-0.2, 0) is 14.3 Å². The molecule has 8 atom stereocenters. The van der Waals surface area contributed by atoms with Gasteiger partial charge in [-0.05, 0) is 116 Å². The zero-order valence-electron chi connectivity index (χ0n) is 32.2. The van der Waals surface area contributed by atoms with Gasteiger partial charge in [0.05, 0.1) is 12.9 Å². The van der Waals surface area contributed by atoms with Crippen molar-refractivity contribution in [2.45, 2.75) is 169 Å². The molecule has 5 unspecified atom stereocenters. The van der Waals surface area contributed by atoms with Gasteiger partial charge in [-0.25, -0.2) is 0 Å². The fourth-order valence-corrected chi connectivity index (χ4v) is 11.3. The number of rotatable bonds is 19. The molecule has 49 heavy (non-hydrogen) atoms. The molecule has 4 aliphatic carbocycles. The molecular weight excluding hydrogens is 601 g/mol. The van der Waals surface area contributed by atoms with Crippen LogP contribution in [0.2, 0.25) is 0 Å². The molecule has 0 radical (unpaired) electrons. The first-order valence-electron chi connectivity index (χ1n) is 20.9. The second-order valence-electron chi connectivity index (χ2n) is 17.8. The van der Waals surface area contributed by atoms with Gasteiger partial charge in [0.25, 0.3) is 0 Å². The molecule has 3 nitrogen and oxygen atoms in total. The molecule has 3 fully saturated rings. The fourth-order valence-electron chi connectivity index (χ4n) is 11.3. The molecule has 0 aromatic heterocycles. The van der Waals surface area contributed by atoms with Crippen LogP contribution in [0.3, 0.4) is 0 Å².